The van der Waals surface area contributed by atoms with Crippen molar-refractivity contribution in [3.8, 4) is 5.75 Å². The SMILES string of the molecule is CCCC(=O)Nc1nc2ccc(NC(=S)NC(=O)c3ccc(OCC)c(Br)c3)cc2s1. The number of nitrogens with zero attached hydrogens (tertiary/aromatic N) is 1. The van der Waals surface area contributed by atoms with Crippen LogP contribution in [0.15, 0.2) is 40.9 Å². The van der Waals surface area contributed by atoms with E-state index in [9.17, 15) is 9.59 Å². The topological polar surface area (TPSA) is 92.4 Å². The van der Waals surface area contributed by atoms with Gasteiger partial charge in [0.2, 0.25) is 5.91 Å². The fourth-order valence-electron chi connectivity index (χ4n) is 2.72. The Morgan fingerprint density at radius 1 is 1.16 bits per heavy atom. The number of amides is 2. The summed E-state index contributed by atoms with van der Waals surface area (Å²) in [6.07, 6.45) is 1.24. The maximum absolute atomic E-state index is 12.5. The van der Waals surface area contributed by atoms with Crippen molar-refractivity contribution >= 4 is 77.4 Å². The zero-order chi connectivity index (χ0) is 22.4. The number of anilines is 2. The van der Waals surface area contributed by atoms with Gasteiger partial charge in [0.25, 0.3) is 5.91 Å². The first-order valence-corrected chi connectivity index (χ1v) is 11.7. The van der Waals surface area contributed by atoms with Gasteiger partial charge in [0.1, 0.15) is 5.75 Å². The smallest absolute Gasteiger partial charge is 0.257 e. The fourth-order valence-corrected chi connectivity index (χ4v) is 4.34. The minimum Gasteiger partial charge on any atom is -0.493 e. The number of hydrogen-bond donors (Lipinski definition) is 3. The molecule has 1 heterocycles. The van der Waals surface area contributed by atoms with Crippen molar-refractivity contribution in [3.63, 3.8) is 0 Å². The summed E-state index contributed by atoms with van der Waals surface area (Å²) in [5.41, 5.74) is 1.93. The number of hydrogen-bond acceptors (Lipinski definition) is 6. The van der Waals surface area contributed by atoms with E-state index in [4.69, 9.17) is 17.0 Å². The molecule has 0 atom stereocenters. The molecule has 0 aliphatic heterocycles. The molecule has 3 rings (SSSR count). The standard InChI is InChI=1S/C21H21BrN4O3S2/c1-3-5-18(27)25-21-24-15-8-7-13(11-17(15)31-21)23-20(30)26-19(28)12-6-9-16(29-4-2)14(22)10-12/h6-11H,3-5H2,1-2H3,(H,24,25,27)(H2,23,26,28,30). The van der Waals surface area contributed by atoms with Crippen LogP contribution in [-0.4, -0.2) is 28.5 Å². The van der Waals surface area contributed by atoms with Gasteiger partial charge in [-0.2, -0.15) is 0 Å². The minimum atomic E-state index is -0.332. The van der Waals surface area contributed by atoms with E-state index in [0.717, 1.165) is 16.6 Å². The first-order valence-electron chi connectivity index (χ1n) is 9.64. The van der Waals surface area contributed by atoms with Gasteiger partial charge < -0.3 is 15.4 Å². The Hall–Kier alpha value is -2.56. The van der Waals surface area contributed by atoms with Gasteiger partial charge in [-0.1, -0.05) is 18.3 Å². The number of thiocarbonyl (C=S) groups is 1. The third kappa shape index (κ3) is 6.22. The molecule has 3 aromatic rings. The van der Waals surface area contributed by atoms with E-state index in [0.29, 0.717) is 39.6 Å². The second kappa shape index (κ2) is 10.7. The fraction of sp³-hybridized carbons (Fsp3) is 0.238. The van der Waals surface area contributed by atoms with Crippen LogP contribution in [0.4, 0.5) is 10.8 Å². The van der Waals surface area contributed by atoms with E-state index >= 15 is 0 Å². The summed E-state index contributed by atoms with van der Waals surface area (Å²) in [5, 5.41) is 9.21. The Balaban J connectivity index is 1.63. The van der Waals surface area contributed by atoms with Crippen molar-refractivity contribution in [1.82, 2.24) is 10.3 Å². The van der Waals surface area contributed by atoms with Crippen LogP contribution < -0.4 is 20.7 Å². The van der Waals surface area contributed by atoms with Gasteiger partial charge >= 0.3 is 0 Å². The van der Waals surface area contributed by atoms with Crippen molar-refractivity contribution in [3.05, 3.63) is 46.4 Å². The number of halogens is 1. The maximum atomic E-state index is 12.5. The first kappa shape index (κ1) is 23.1. The summed E-state index contributed by atoms with van der Waals surface area (Å²) in [6, 6.07) is 10.6. The number of carbonyl (C=O) groups is 2. The molecule has 2 aromatic carbocycles. The predicted molar refractivity (Wildman–Crippen MR) is 132 cm³/mol. The summed E-state index contributed by atoms with van der Waals surface area (Å²) in [7, 11) is 0. The summed E-state index contributed by atoms with van der Waals surface area (Å²) in [6.45, 7) is 4.38. The van der Waals surface area contributed by atoms with E-state index < -0.39 is 0 Å². The van der Waals surface area contributed by atoms with Crippen molar-refractivity contribution in [2.24, 2.45) is 0 Å². The molecular formula is C21H21BrN4O3S2. The maximum Gasteiger partial charge on any atom is 0.257 e. The van der Waals surface area contributed by atoms with E-state index in [-0.39, 0.29) is 16.9 Å². The average molecular weight is 521 g/mol. The second-order valence-electron chi connectivity index (χ2n) is 6.49. The largest absolute Gasteiger partial charge is 0.493 e. The molecule has 0 aliphatic rings. The van der Waals surface area contributed by atoms with Gasteiger partial charge in [-0.3, -0.25) is 14.9 Å². The lowest BCUT2D eigenvalue weighted by Crippen LogP contribution is -2.34. The van der Waals surface area contributed by atoms with Crippen LogP contribution in [0, 0.1) is 0 Å². The van der Waals surface area contributed by atoms with E-state index in [1.165, 1.54) is 11.3 Å². The number of thiazole rings is 1. The Morgan fingerprint density at radius 3 is 2.68 bits per heavy atom. The van der Waals surface area contributed by atoms with Gasteiger partial charge in [0.15, 0.2) is 10.2 Å². The third-order valence-electron chi connectivity index (χ3n) is 4.09. The van der Waals surface area contributed by atoms with Crippen LogP contribution in [0.25, 0.3) is 10.2 Å². The highest BCUT2D eigenvalue weighted by Gasteiger charge is 2.12. The predicted octanol–water partition coefficient (Wildman–Crippen LogP) is 5.32. The molecule has 0 aliphatic carbocycles. The number of nitrogens with one attached hydrogen (secondary N) is 3. The van der Waals surface area contributed by atoms with Crippen molar-refractivity contribution < 1.29 is 14.3 Å². The van der Waals surface area contributed by atoms with Crippen LogP contribution in [0.5, 0.6) is 5.75 Å². The minimum absolute atomic E-state index is 0.0512. The molecule has 0 saturated heterocycles. The van der Waals surface area contributed by atoms with Gasteiger partial charge in [-0.25, -0.2) is 4.98 Å². The van der Waals surface area contributed by atoms with Crippen molar-refractivity contribution in [1.29, 1.82) is 0 Å². The highest BCUT2D eigenvalue weighted by atomic mass is 79.9. The molecule has 7 nitrogen and oxygen atoms in total. The Kier molecular flexibility index (Phi) is 7.94. The number of benzene rings is 2. The molecule has 162 valence electrons. The molecule has 1 aromatic heterocycles. The molecule has 0 unspecified atom stereocenters. The molecule has 0 bridgehead atoms. The quantitative estimate of drug-likeness (QED) is 0.365. The number of aromatic nitrogens is 1. The Bertz CT molecular complexity index is 1130. The average Bonchev–Trinajstić information content (AvgIpc) is 3.11. The molecule has 0 saturated carbocycles. The van der Waals surface area contributed by atoms with Crippen LogP contribution >= 0.6 is 39.5 Å². The van der Waals surface area contributed by atoms with Crippen LogP contribution in [0.2, 0.25) is 0 Å². The van der Waals surface area contributed by atoms with Crippen LogP contribution in [-0.2, 0) is 4.79 Å². The highest BCUT2D eigenvalue weighted by molar-refractivity contribution is 9.10. The van der Waals surface area contributed by atoms with Crippen LogP contribution in [0.3, 0.4) is 0 Å². The number of ether oxygens (including phenoxy) is 1. The summed E-state index contributed by atoms with van der Waals surface area (Å²) in [4.78, 5) is 28.7. The first-order chi connectivity index (χ1) is 14.9. The van der Waals surface area contributed by atoms with E-state index in [1.54, 1.807) is 18.2 Å². The lowest BCUT2D eigenvalue weighted by atomic mass is 10.2. The van der Waals surface area contributed by atoms with E-state index in [2.05, 4.69) is 36.9 Å². The van der Waals surface area contributed by atoms with Crippen molar-refractivity contribution in [2.45, 2.75) is 26.7 Å². The molecule has 3 N–H and O–H groups in total. The second-order valence-corrected chi connectivity index (χ2v) is 8.78. The summed E-state index contributed by atoms with van der Waals surface area (Å²) < 4.78 is 7.04. The monoisotopic (exact) mass is 520 g/mol. The number of rotatable bonds is 7. The lowest BCUT2D eigenvalue weighted by Gasteiger charge is -2.11. The zero-order valence-electron chi connectivity index (χ0n) is 17.0. The van der Waals surface area contributed by atoms with Gasteiger partial charge in [-0.15, -0.1) is 0 Å². The van der Waals surface area contributed by atoms with Crippen molar-refractivity contribution in [2.75, 3.05) is 17.2 Å². The molecule has 0 spiro atoms. The number of carbonyl (C=O) groups excluding carboxylic acids is 2. The summed E-state index contributed by atoms with van der Waals surface area (Å²) >= 11 is 10.1. The Morgan fingerprint density at radius 2 is 1.97 bits per heavy atom. The Labute approximate surface area is 197 Å². The lowest BCUT2D eigenvalue weighted by molar-refractivity contribution is -0.116. The molecule has 31 heavy (non-hydrogen) atoms. The van der Waals surface area contributed by atoms with E-state index in [1.807, 2.05) is 32.0 Å². The zero-order valence-corrected chi connectivity index (χ0v) is 20.2. The van der Waals surface area contributed by atoms with Gasteiger partial charge in [-0.05, 0) is 77.9 Å². The third-order valence-corrected chi connectivity index (χ3v) is 5.85. The van der Waals surface area contributed by atoms with Gasteiger partial charge in [0.05, 0.1) is 21.3 Å². The number of fused-ring (bicyclic) bond motifs is 1. The van der Waals surface area contributed by atoms with Gasteiger partial charge in [0, 0.05) is 17.7 Å². The summed E-state index contributed by atoms with van der Waals surface area (Å²) in [5.74, 6) is 0.286. The highest BCUT2D eigenvalue weighted by Crippen LogP contribution is 2.29. The molecule has 0 radical (unpaired) electrons. The molecular weight excluding hydrogens is 500 g/mol. The van der Waals surface area contributed by atoms with Crippen LogP contribution in [0.1, 0.15) is 37.0 Å². The molecule has 2 amide bonds. The molecule has 10 heteroatoms. The normalized spacial score (nSPS) is 10.5. The molecule has 0 fully saturated rings.